The van der Waals surface area contributed by atoms with E-state index in [-0.39, 0.29) is 0 Å². The van der Waals surface area contributed by atoms with Crippen molar-refractivity contribution in [3.05, 3.63) is 39.4 Å². The summed E-state index contributed by atoms with van der Waals surface area (Å²) in [6.07, 6.45) is 4.10. The summed E-state index contributed by atoms with van der Waals surface area (Å²) in [4.78, 5) is 11.2. The first-order valence-electron chi connectivity index (χ1n) is 6.98. The molecule has 1 aliphatic rings. The number of aromatic nitrogens is 3. The molecule has 5 nitrogen and oxygen atoms in total. The lowest BCUT2D eigenvalue weighted by molar-refractivity contribution is 0.111. The molecule has 1 aliphatic heterocycles. The molecule has 2 heterocycles. The molecule has 0 aliphatic carbocycles. The molecule has 2 aromatic rings. The van der Waals surface area contributed by atoms with Crippen molar-refractivity contribution in [1.29, 1.82) is 0 Å². The Kier molecular flexibility index (Phi) is 4.05. The summed E-state index contributed by atoms with van der Waals surface area (Å²) in [5, 5.41) is 8.41. The number of carbonyl (C=O) groups is 1. The number of ether oxygens (including phenoxy) is 1. The van der Waals surface area contributed by atoms with Crippen molar-refractivity contribution in [3.8, 4) is 5.75 Å². The van der Waals surface area contributed by atoms with Gasteiger partial charge in [0.05, 0.1) is 5.56 Å². The minimum atomic E-state index is 0.330. The van der Waals surface area contributed by atoms with Crippen LogP contribution in [0.2, 0.25) is 0 Å². The summed E-state index contributed by atoms with van der Waals surface area (Å²) < 4.78 is 8.84. The quantitative estimate of drug-likeness (QED) is 0.796. The van der Waals surface area contributed by atoms with Crippen molar-refractivity contribution in [2.75, 3.05) is 0 Å². The second-order valence-electron chi connectivity index (χ2n) is 5.19. The van der Waals surface area contributed by atoms with Gasteiger partial charge >= 0.3 is 0 Å². The molecular formula is C15H16BrN3O2. The van der Waals surface area contributed by atoms with E-state index >= 15 is 0 Å². The highest BCUT2D eigenvalue weighted by Gasteiger charge is 2.17. The number of aldehydes is 1. The molecule has 0 unspecified atom stereocenters. The van der Waals surface area contributed by atoms with E-state index in [2.05, 4.69) is 30.7 Å². The zero-order valence-electron chi connectivity index (χ0n) is 11.8. The Balaban J connectivity index is 1.82. The highest BCUT2D eigenvalue weighted by atomic mass is 79.9. The maximum absolute atomic E-state index is 11.2. The molecule has 0 bridgehead atoms. The summed E-state index contributed by atoms with van der Waals surface area (Å²) in [7, 11) is 0. The van der Waals surface area contributed by atoms with Crippen LogP contribution in [0.25, 0.3) is 0 Å². The van der Waals surface area contributed by atoms with E-state index < -0.39 is 0 Å². The Morgan fingerprint density at radius 3 is 3.05 bits per heavy atom. The first-order chi connectivity index (χ1) is 10.2. The van der Waals surface area contributed by atoms with Gasteiger partial charge in [-0.15, -0.1) is 10.2 Å². The molecule has 0 saturated heterocycles. The van der Waals surface area contributed by atoms with Crippen molar-refractivity contribution >= 4 is 22.2 Å². The molecule has 1 aromatic heterocycles. The van der Waals surface area contributed by atoms with Crippen LogP contribution in [-0.4, -0.2) is 21.1 Å². The fourth-order valence-electron chi connectivity index (χ4n) is 2.65. The molecule has 0 atom stereocenters. The van der Waals surface area contributed by atoms with Crippen LogP contribution in [0.3, 0.4) is 0 Å². The Morgan fingerprint density at radius 1 is 1.38 bits per heavy atom. The number of hydrogen-bond donors (Lipinski definition) is 0. The lowest BCUT2D eigenvalue weighted by Crippen LogP contribution is -2.15. The van der Waals surface area contributed by atoms with Crippen molar-refractivity contribution < 1.29 is 9.53 Å². The molecule has 21 heavy (non-hydrogen) atoms. The lowest BCUT2D eigenvalue weighted by atomic mass is 10.1. The molecule has 3 rings (SSSR count). The highest BCUT2D eigenvalue weighted by Crippen LogP contribution is 2.27. The van der Waals surface area contributed by atoms with Crippen LogP contribution in [0.1, 0.15) is 40.4 Å². The van der Waals surface area contributed by atoms with E-state index in [1.54, 1.807) is 6.07 Å². The van der Waals surface area contributed by atoms with Gasteiger partial charge in [0.1, 0.15) is 18.2 Å². The van der Waals surface area contributed by atoms with E-state index in [0.29, 0.717) is 17.9 Å². The van der Waals surface area contributed by atoms with Crippen LogP contribution in [-0.2, 0) is 19.6 Å². The Morgan fingerprint density at radius 2 is 2.24 bits per heavy atom. The van der Waals surface area contributed by atoms with Crippen molar-refractivity contribution in [2.24, 2.45) is 0 Å². The smallest absolute Gasteiger partial charge is 0.171 e. The SMILES string of the molecule is Cc1cc(Br)cc(C=O)c1OCc1nnc2n1CCCC2. The Labute approximate surface area is 131 Å². The predicted octanol–water partition coefficient (Wildman–Crippen LogP) is 3.08. The largest absolute Gasteiger partial charge is 0.485 e. The monoisotopic (exact) mass is 349 g/mol. The number of rotatable bonds is 4. The number of carbonyl (C=O) groups excluding carboxylic acids is 1. The first kappa shape index (κ1) is 14.3. The van der Waals surface area contributed by atoms with Gasteiger partial charge < -0.3 is 9.30 Å². The van der Waals surface area contributed by atoms with Crippen molar-refractivity contribution in [1.82, 2.24) is 14.8 Å². The highest BCUT2D eigenvalue weighted by molar-refractivity contribution is 9.10. The van der Waals surface area contributed by atoms with Gasteiger partial charge in [0.25, 0.3) is 0 Å². The molecule has 0 N–H and O–H groups in total. The molecule has 0 saturated carbocycles. The standard InChI is InChI=1S/C15H16BrN3O2/c1-10-6-12(16)7-11(8-20)15(10)21-9-14-18-17-13-4-2-3-5-19(13)14/h6-8H,2-5,9H2,1H3. The van der Waals surface area contributed by atoms with Crippen LogP contribution in [0.15, 0.2) is 16.6 Å². The van der Waals surface area contributed by atoms with E-state index in [0.717, 1.165) is 47.4 Å². The van der Waals surface area contributed by atoms with Crippen LogP contribution in [0.4, 0.5) is 0 Å². The van der Waals surface area contributed by atoms with Crippen LogP contribution >= 0.6 is 15.9 Å². The first-order valence-corrected chi connectivity index (χ1v) is 7.77. The molecular weight excluding hydrogens is 334 g/mol. The summed E-state index contributed by atoms with van der Waals surface area (Å²) in [6.45, 7) is 3.20. The molecule has 0 spiro atoms. The van der Waals surface area contributed by atoms with Crippen LogP contribution in [0, 0.1) is 6.92 Å². The summed E-state index contributed by atoms with van der Waals surface area (Å²) in [5.74, 6) is 2.47. The van der Waals surface area contributed by atoms with Crippen molar-refractivity contribution in [3.63, 3.8) is 0 Å². The van der Waals surface area contributed by atoms with Gasteiger partial charge in [0.15, 0.2) is 12.1 Å². The zero-order chi connectivity index (χ0) is 14.8. The van der Waals surface area contributed by atoms with Crippen molar-refractivity contribution in [2.45, 2.75) is 39.3 Å². The number of aryl methyl sites for hydroxylation is 2. The minimum absolute atomic E-state index is 0.330. The van der Waals surface area contributed by atoms with Gasteiger partial charge in [-0.25, -0.2) is 0 Å². The third-order valence-corrected chi connectivity index (χ3v) is 4.13. The van der Waals surface area contributed by atoms with E-state index in [1.165, 1.54) is 6.42 Å². The average Bonchev–Trinajstić information content (AvgIpc) is 2.89. The fraction of sp³-hybridized carbons (Fsp3) is 0.400. The van der Waals surface area contributed by atoms with E-state index in [9.17, 15) is 4.79 Å². The third kappa shape index (κ3) is 2.85. The Hall–Kier alpha value is -1.69. The number of benzene rings is 1. The van der Waals surface area contributed by atoms with Gasteiger partial charge in [0.2, 0.25) is 0 Å². The summed E-state index contributed by atoms with van der Waals surface area (Å²) >= 11 is 3.39. The molecule has 0 amide bonds. The normalized spacial score (nSPS) is 13.8. The third-order valence-electron chi connectivity index (χ3n) is 3.68. The lowest BCUT2D eigenvalue weighted by Gasteiger charge is -2.16. The average molecular weight is 350 g/mol. The predicted molar refractivity (Wildman–Crippen MR) is 81.6 cm³/mol. The van der Waals surface area contributed by atoms with Gasteiger partial charge in [0, 0.05) is 17.4 Å². The number of hydrogen-bond acceptors (Lipinski definition) is 4. The molecule has 110 valence electrons. The molecule has 0 radical (unpaired) electrons. The number of halogens is 1. The minimum Gasteiger partial charge on any atom is -0.485 e. The van der Waals surface area contributed by atoms with Gasteiger partial charge in [-0.1, -0.05) is 15.9 Å². The van der Waals surface area contributed by atoms with Gasteiger partial charge in [-0.2, -0.15) is 0 Å². The van der Waals surface area contributed by atoms with Crippen LogP contribution < -0.4 is 4.74 Å². The topological polar surface area (TPSA) is 57.0 Å². The maximum atomic E-state index is 11.2. The van der Waals surface area contributed by atoms with Gasteiger partial charge in [-0.05, 0) is 37.5 Å². The number of nitrogens with zero attached hydrogens (tertiary/aromatic N) is 3. The molecule has 1 aromatic carbocycles. The Bertz CT molecular complexity index is 682. The zero-order valence-corrected chi connectivity index (χ0v) is 13.4. The fourth-order valence-corrected chi connectivity index (χ4v) is 3.24. The van der Waals surface area contributed by atoms with E-state index in [4.69, 9.17) is 4.74 Å². The van der Waals surface area contributed by atoms with E-state index in [1.807, 2.05) is 13.0 Å². The van der Waals surface area contributed by atoms with Gasteiger partial charge in [-0.3, -0.25) is 4.79 Å². The molecule has 6 heteroatoms. The molecule has 0 fully saturated rings. The second kappa shape index (κ2) is 5.97. The summed E-state index contributed by atoms with van der Waals surface area (Å²) in [6, 6.07) is 3.69. The second-order valence-corrected chi connectivity index (χ2v) is 6.10. The maximum Gasteiger partial charge on any atom is 0.171 e. The van der Waals surface area contributed by atoms with Crippen LogP contribution in [0.5, 0.6) is 5.75 Å². The summed E-state index contributed by atoms with van der Waals surface area (Å²) in [5.41, 5.74) is 1.46. The number of fused-ring (bicyclic) bond motifs is 1.